The van der Waals surface area contributed by atoms with Gasteiger partial charge in [-0.15, -0.1) is 0 Å². The maximum Gasteiger partial charge on any atom is 0.416 e. The second-order valence-corrected chi connectivity index (χ2v) is 5.77. The molecule has 0 aliphatic rings. The van der Waals surface area contributed by atoms with Gasteiger partial charge in [0.1, 0.15) is 0 Å². The van der Waals surface area contributed by atoms with Crippen molar-refractivity contribution in [2.45, 2.75) is 11.1 Å². The average Bonchev–Trinajstić information content (AvgIpc) is 2.46. The maximum atomic E-state index is 12.4. The second-order valence-electron chi connectivity index (χ2n) is 4.14. The molecule has 0 amide bonds. The summed E-state index contributed by atoms with van der Waals surface area (Å²) in [5, 5.41) is 0. The SMILES string of the molecule is O=S(=O)(N=Cc1ccc(C(F)(F)F)cc1)c1ccccc1. The Hall–Kier alpha value is -2.15. The van der Waals surface area contributed by atoms with Gasteiger partial charge in [-0.2, -0.15) is 26.0 Å². The molecule has 0 aliphatic heterocycles. The highest BCUT2D eigenvalue weighted by atomic mass is 32.2. The lowest BCUT2D eigenvalue weighted by Gasteiger charge is -2.05. The first kappa shape index (κ1) is 15.2. The van der Waals surface area contributed by atoms with Gasteiger partial charge in [0.15, 0.2) is 0 Å². The van der Waals surface area contributed by atoms with E-state index in [1.807, 2.05) is 0 Å². The summed E-state index contributed by atoms with van der Waals surface area (Å²) in [7, 11) is -3.85. The third-order valence-electron chi connectivity index (χ3n) is 2.62. The van der Waals surface area contributed by atoms with Crippen LogP contribution in [0.2, 0.25) is 0 Å². The number of rotatable bonds is 3. The second kappa shape index (κ2) is 5.69. The van der Waals surface area contributed by atoms with Gasteiger partial charge in [-0.05, 0) is 29.8 Å². The summed E-state index contributed by atoms with van der Waals surface area (Å²) in [6.07, 6.45) is -3.41. The standard InChI is InChI=1S/C14H10F3NO2S/c15-14(16,17)12-8-6-11(7-9-12)10-18-21(19,20)13-4-2-1-3-5-13/h1-10H. The van der Waals surface area contributed by atoms with E-state index < -0.39 is 21.8 Å². The molecule has 110 valence electrons. The Kier molecular flexibility index (Phi) is 4.13. The van der Waals surface area contributed by atoms with Gasteiger partial charge in [0.05, 0.1) is 10.5 Å². The minimum atomic E-state index is -4.42. The lowest BCUT2D eigenvalue weighted by molar-refractivity contribution is -0.137. The molecule has 2 aromatic rings. The van der Waals surface area contributed by atoms with E-state index in [9.17, 15) is 21.6 Å². The Bertz CT molecular complexity index is 736. The molecule has 21 heavy (non-hydrogen) atoms. The zero-order chi connectivity index (χ0) is 15.5. The maximum absolute atomic E-state index is 12.4. The van der Waals surface area contributed by atoms with Crippen molar-refractivity contribution in [1.82, 2.24) is 0 Å². The fourth-order valence-corrected chi connectivity index (χ4v) is 2.43. The van der Waals surface area contributed by atoms with Crippen LogP contribution in [0.4, 0.5) is 13.2 Å². The summed E-state index contributed by atoms with van der Waals surface area (Å²) in [5.41, 5.74) is -0.534. The summed E-state index contributed by atoms with van der Waals surface area (Å²) < 4.78 is 64.3. The number of nitrogens with zero attached hydrogens (tertiary/aromatic N) is 1. The van der Waals surface area contributed by atoms with Crippen molar-refractivity contribution in [3.63, 3.8) is 0 Å². The fraction of sp³-hybridized carbons (Fsp3) is 0.0714. The molecule has 0 fully saturated rings. The molecule has 0 saturated carbocycles. The van der Waals surface area contributed by atoms with Crippen LogP contribution in [0.25, 0.3) is 0 Å². The third kappa shape index (κ3) is 3.91. The highest BCUT2D eigenvalue weighted by Crippen LogP contribution is 2.28. The summed E-state index contributed by atoms with van der Waals surface area (Å²) in [4.78, 5) is 0.0214. The van der Waals surface area contributed by atoms with E-state index >= 15 is 0 Å². The predicted molar refractivity (Wildman–Crippen MR) is 72.7 cm³/mol. The van der Waals surface area contributed by atoms with Crippen molar-refractivity contribution in [3.8, 4) is 0 Å². The molecule has 7 heteroatoms. The number of alkyl halides is 3. The first-order chi connectivity index (χ1) is 9.79. The molecule has 0 aromatic heterocycles. The molecule has 0 saturated heterocycles. The summed E-state index contributed by atoms with van der Waals surface area (Å²) >= 11 is 0. The Morgan fingerprint density at radius 2 is 1.48 bits per heavy atom. The number of hydrogen-bond acceptors (Lipinski definition) is 2. The van der Waals surface area contributed by atoms with Crippen LogP contribution in [-0.2, 0) is 16.2 Å². The van der Waals surface area contributed by atoms with Crippen LogP contribution in [0.5, 0.6) is 0 Å². The number of sulfonamides is 1. The van der Waals surface area contributed by atoms with Gasteiger partial charge in [-0.25, -0.2) is 0 Å². The van der Waals surface area contributed by atoms with Gasteiger partial charge in [0.2, 0.25) is 0 Å². The first-order valence-electron chi connectivity index (χ1n) is 5.82. The van der Waals surface area contributed by atoms with Crippen LogP contribution in [0.1, 0.15) is 11.1 Å². The molecule has 0 atom stereocenters. The highest BCUT2D eigenvalue weighted by molar-refractivity contribution is 7.90. The largest absolute Gasteiger partial charge is 0.416 e. The van der Waals surface area contributed by atoms with E-state index in [1.165, 1.54) is 12.1 Å². The van der Waals surface area contributed by atoms with Crippen LogP contribution < -0.4 is 0 Å². The molecule has 2 aromatic carbocycles. The molecule has 0 bridgehead atoms. The van der Waals surface area contributed by atoms with E-state index in [4.69, 9.17) is 0 Å². The van der Waals surface area contributed by atoms with Gasteiger partial charge in [-0.1, -0.05) is 30.3 Å². The molecule has 0 unspecified atom stereocenters. The number of benzene rings is 2. The van der Waals surface area contributed by atoms with Crippen molar-refractivity contribution < 1.29 is 21.6 Å². The average molecular weight is 313 g/mol. The first-order valence-corrected chi connectivity index (χ1v) is 7.26. The molecule has 0 aliphatic carbocycles. The molecular formula is C14H10F3NO2S. The zero-order valence-electron chi connectivity index (χ0n) is 10.6. The van der Waals surface area contributed by atoms with Crippen LogP contribution in [0.3, 0.4) is 0 Å². The fourth-order valence-electron chi connectivity index (χ4n) is 1.54. The van der Waals surface area contributed by atoms with Crippen LogP contribution in [0.15, 0.2) is 63.9 Å². The van der Waals surface area contributed by atoms with Crippen LogP contribution >= 0.6 is 0 Å². The normalized spacial score (nSPS) is 12.7. The molecule has 2 rings (SSSR count). The van der Waals surface area contributed by atoms with Gasteiger partial charge in [-0.3, -0.25) is 0 Å². The summed E-state index contributed by atoms with van der Waals surface area (Å²) in [6, 6.07) is 11.6. The van der Waals surface area contributed by atoms with E-state index in [0.717, 1.165) is 30.5 Å². The quantitative estimate of drug-likeness (QED) is 0.814. The number of halogens is 3. The van der Waals surface area contributed by atoms with Crippen molar-refractivity contribution in [2.75, 3.05) is 0 Å². The Labute approximate surface area is 119 Å². The molecule has 3 nitrogen and oxygen atoms in total. The number of hydrogen-bond donors (Lipinski definition) is 0. The van der Waals surface area contributed by atoms with E-state index in [-0.39, 0.29) is 10.5 Å². The molecular weight excluding hydrogens is 303 g/mol. The minimum absolute atomic E-state index is 0.0214. The summed E-state index contributed by atoms with van der Waals surface area (Å²) in [6.45, 7) is 0. The monoisotopic (exact) mass is 313 g/mol. The molecule has 0 heterocycles. The van der Waals surface area contributed by atoms with E-state index in [0.29, 0.717) is 0 Å². The molecule has 0 N–H and O–H groups in total. The highest BCUT2D eigenvalue weighted by Gasteiger charge is 2.29. The lowest BCUT2D eigenvalue weighted by atomic mass is 10.1. The third-order valence-corrected chi connectivity index (χ3v) is 3.87. The Morgan fingerprint density at radius 3 is 2.00 bits per heavy atom. The molecule has 0 spiro atoms. The zero-order valence-corrected chi connectivity index (χ0v) is 11.4. The van der Waals surface area contributed by atoms with Crippen molar-refractivity contribution in [1.29, 1.82) is 0 Å². The van der Waals surface area contributed by atoms with Crippen molar-refractivity contribution >= 4 is 16.2 Å². The summed E-state index contributed by atoms with van der Waals surface area (Å²) in [5.74, 6) is 0. The topological polar surface area (TPSA) is 46.5 Å². The van der Waals surface area contributed by atoms with Crippen LogP contribution in [-0.4, -0.2) is 14.6 Å². The Balaban J connectivity index is 2.22. The smallest absolute Gasteiger partial charge is 0.199 e. The van der Waals surface area contributed by atoms with Gasteiger partial charge < -0.3 is 0 Å². The lowest BCUT2D eigenvalue weighted by Crippen LogP contribution is -2.04. The van der Waals surface area contributed by atoms with Crippen LogP contribution in [0, 0.1) is 0 Å². The van der Waals surface area contributed by atoms with Crippen molar-refractivity contribution in [2.24, 2.45) is 4.40 Å². The van der Waals surface area contributed by atoms with Gasteiger partial charge in [0, 0.05) is 6.21 Å². The predicted octanol–water partition coefficient (Wildman–Crippen LogP) is 3.51. The van der Waals surface area contributed by atoms with Gasteiger partial charge in [0.25, 0.3) is 10.0 Å². The van der Waals surface area contributed by atoms with Crippen molar-refractivity contribution in [3.05, 3.63) is 65.7 Å². The van der Waals surface area contributed by atoms with E-state index in [2.05, 4.69) is 4.40 Å². The minimum Gasteiger partial charge on any atom is -0.199 e. The van der Waals surface area contributed by atoms with Gasteiger partial charge >= 0.3 is 6.18 Å². The Morgan fingerprint density at radius 1 is 0.905 bits per heavy atom. The molecule has 0 radical (unpaired) electrons. The van der Waals surface area contributed by atoms with E-state index in [1.54, 1.807) is 18.2 Å².